The molecule has 0 N–H and O–H groups in total. The summed E-state index contributed by atoms with van der Waals surface area (Å²) < 4.78 is 2.40. The SMILES string of the molecule is CC1(C)c2ccccc2-c2c1ccc1cc(-n3c4ccccc4c4ccccc43)ccc21.CC1(C)c2ccccc2-c2ccc(N(c3ccc(-c4ccccc4)cc3)c3ccc4c5c(ccc4c3)C(c3ccccc3)(c3ccccc3)c3ccccc3-5)cc21.CC1(C)c2ccccc2-c2ccc(N(c3ccc4c5c(ccc4c3)C(C)(C)c3ccccc3-5)c3ccc(-c4ccccc4)cc3-c3ccccc3)cc21. The van der Waals surface area contributed by atoms with Gasteiger partial charge in [0, 0.05) is 72.1 Å². The lowest BCUT2D eigenvalue weighted by Gasteiger charge is -2.34. The van der Waals surface area contributed by atoms with E-state index in [-0.39, 0.29) is 21.7 Å². The van der Waals surface area contributed by atoms with Crippen molar-refractivity contribution >= 4 is 88.2 Å². The average Bonchev–Trinajstić information content (AvgIpc) is 1.52. The molecule has 3 heteroatoms. The Kier molecular flexibility index (Phi) is 19.9. The van der Waals surface area contributed by atoms with Crippen molar-refractivity contribution in [2.75, 3.05) is 9.80 Å². The monoisotopic (exact) mass is 1820 g/mol. The van der Waals surface area contributed by atoms with E-state index in [0.717, 1.165) is 34.1 Å². The molecule has 5 aliphatic carbocycles. The van der Waals surface area contributed by atoms with Gasteiger partial charge in [0.2, 0.25) is 0 Å². The van der Waals surface area contributed by atoms with Crippen LogP contribution in [-0.2, 0) is 27.1 Å². The average molecular weight is 1820 g/mol. The summed E-state index contributed by atoms with van der Waals surface area (Å²) in [6, 6.07) is 182. The van der Waals surface area contributed by atoms with Crippen molar-refractivity contribution < 1.29 is 0 Å². The minimum atomic E-state index is -0.428. The number of anilines is 6. The van der Waals surface area contributed by atoms with Gasteiger partial charge >= 0.3 is 0 Å². The van der Waals surface area contributed by atoms with Gasteiger partial charge < -0.3 is 14.4 Å². The van der Waals surface area contributed by atoms with Crippen LogP contribution in [0.15, 0.2) is 491 Å². The Morgan fingerprint density at radius 3 is 0.993 bits per heavy atom. The highest BCUT2D eigenvalue weighted by atomic mass is 15.2. The lowest BCUT2D eigenvalue weighted by atomic mass is 9.67. The Morgan fingerprint density at radius 2 is 0.500 bits per heavy atom. The molecule has 0 fully saturated rings. The van der Waals surface area contributed by atoms with E-state index < -0.39 is 5.41 Å². The Balaban J connectivity index is 0.000000113. The van der Waals surface area contributed by atoms with Crippen molar-refractivity contribution in [1.29, 1.82) is 0 Å². The van der Waals surface area contributed by atoms with Crippen LogP contribution in [0.5, 0.6) is 0 Å². The van der Waals surface area contributed by atoms with Crippen molar-refractivity contribution in [2.24, 2.45) is 0 Å². The predicted molar refractivity (Wildman–Crippen MR) is 599 cm³/mol. The maximum atomic E-state index is 2.49. The summed E-state index contributed by atoms with van der Waals surface area (Å²) in [6.07, 6.45) is 0. The third kappa shape index (κ3) is 13.3. The summed E-state index contributed by atoms with van der Waals surface area (Å²) in [4.78, 5) is 4.92. The third-order valence-corrected chi connectivity index (χ3v) is 32.2. The summed E-state index contributed by atoms with van der Waals surface area (Å²) in [6.45, 7) is 18.9. The van der Waals surface area contributed by atoms with Crippen LogP contribution < -0.4 is 9.80 Å². The Labute approximate surface area is 831 Å². The molecule has 5 aliphatic rings. The number of aromatic nitrogens is 1. The van der Waals surface area contributed by atoms with E-state index in [1.807, 2.05) is 0 Å². The number of hydrogen-bond donors (Lipinski definition) is 0. The van der Waals surface area contributed by atoms with Gasteiger partial charge in [0.1, 0.15) is 0 Å². The molecule has 22 aromatic carbocycles. The van der Waals surface area contributed by atoms with Crippen molar-refractivity contribution in [2.45, 2.75) is 82.5 Å². The minimum Gasteiger partial charge on any atom is -0.310 e. The van der Waals surface area contributed by atoms with Gasteiger partial charge in [0.25, 0.3) is 0 Å². The van der Waals surface area contributed by atoms with Crippen LogP contribution in [-0.4, -0.2) is 4.57 Å². The molecule has 142 heavy (non-hydrogen) atoms. The summed E-state index contributed by atoms with van der Waals surface area (Å²) in [5.41, 5.74) is 47.0. The first-order valence-electron chi connectivity index (χ1n) is 50.1. The van der Waals surface area contributed by atoms with Gasteiger partial charge in [-0.05, 0) is 280 Å². The number of nitrogens with zero attached hydrogens (tertiary/aromatic N) is 3. The van der Waals surface area contributed by atoms with Crippen LogP contribution in [0.2, 0.25) is 0 Å². The molecule has 1 heterocycles. The van der Waals surface area contributed by atoms with E-state index in [1.54, 1.807) is 0 Å². The largest absolute Gasteiger partial charge is 0.310 e. The highest BCUT2D eigenvalue weighted by molar-refractivity contribution is 6.12. The molecule has 3 nitrogen and oxygen atoms in total. The van der Waals surface area contributed by atoms with Gasteiger partial charge in [-0.1, -0.05) is 450 Å². The van der Waals surface area contributed by atoms with Gasteiger partial charge in [-0.2, -0.15) is 0 Å². The Bertz CT molecular complexity index is 8910. The van der Waals surface area contributed by atoms with Crippen LogP contribution in [0, 0.1) is 0 Å². The number of rotatable bonds is 12. The van der Waals surface area contributed by atoms with E-state index in [9.17, 15) is 0 Å². The van der Waals surface area contributed by atoms with Gasteiger partial charge in [0.05, 0.1) is 22.1 Å². The van der Waals surface area contributed by atoms with Gasteiger partial charge in [0.15, 0.2) is 0 Å². The van der Waals surface area contributed by atoms with Crippen LogP contribution >= 0.6 is 0 Å². The van der Waals surface area contributed by atoms with Crippen molar-refractivity contribution in [1.82, 2.24) is 4.57 Å². The van der Waals surface area contributed by atoms with Crippen LogP contribution in [0.4, 0.5) is 34.1 Å². The molecule has 0 atom stereocenters. The Hall–Kier alpha value is -17.0. The lowest BCUT2D eigenvalue weighted by Crippen LogP contribution is -2.28. The van der Waals surface area contributed by atoms with Gasteiger partial charge in [-0.25, -0.2) is 0 Å². The smallest absolute Gasteiger partial charge is 0.0713 e. The highest BCUT2D eigenvalue weighted by Crippen LogP contribution is 2.61. The fraction of sp³-hybridized carbons (Fsp3) is 0.0935. The molecule has 0 spiro atoms. The van der Waals surface area contributed by atoms with E-state index in [2.05, 4.69) is 561 Å². The van der Waals surface area contributed by atoms with Crippen molar-refractivity contribution in [3.8, 4) is 94.7 Å². The molecule has 0 aliphatic heterocycles. The van der Waals surface area contributed by atoms with E-state index in [1.165, 1.54) is 216 Å². The zero-order valence-corrected chi connectivity index (χ0v) is 81.1. The first-order valence-corrected chi connectivity index (χ1v) is 50.1. The highest BCUT2D eigenvalue weighted by Gasteiger charge is 2.48. The molecule has 23 aromatic rings. The summed E-state index contributed by atoms with van der Waals surface area (Å²) in [5, 5.41) is 10.3. The summed E-state index contributed by atoms with van der Waals surface area (Å²) in [7, 11) is 0. The first-order chi connectivity index (χ1) is 69.5. The molecular weight excluding hydrogens is 1710 g/mol. The number of benzene rings is 22. The first kappa shape index (κ1) is 85.4. The topological polar surface area (TPSA) is 11.4 Å². The Morgan fingerprint density at radius 1 is 0.176 bits per heavy atom. The maximum Gasteiger partial charge on any atom is 0.0713 e. The van der Waals surface area contributed by atoms with Crippen LogP contribution in [0.1, 0.15) is 122 Å². The summed E-state index contributed by atoms with van der Waals surface area (Å²) in [5.74, 6) is 0. The van der Waals surface area contributed by atoms with E-state index >= 15 is 0 Å². The summed E-state index contributed by atoms with van der Waals surface area (Å²) >= 11 is 0. The normalized spacial score (nSPS) is 14.2. The number of fused-ring (bicyclic) bond motifs is 24. The van der Waals surface area contributed by atoms with Crippen LogP contribution in [0.3, 0.4) is 0 Å². The lowest BCUT2D eigenvalue weighted by molar-refractivity contribution is 0.660. The molecule has 0 saturated heterocycles. The second kappa shape index (κ2) is 33.1. The molecule has 0 radical (unpaired) electrons. The van der Waals surface area contributed by atoms with Crippen LogP contribution in [0.25, 0.3) is 149 Å². The second-order valence-corrected chi connectivity index (χ2v) is 41.3. The number of para-hydroxylation sites is 2. The molecule has 676 valence electrons. The van der Waals surface area contributed by atoms with E-state index in [0.29, 0.717) is 0 Å². The molecule has 28 rings (SSSR count). The molecule has 0 saturated carbocycles. The molecule has 0 unspecified atom stereocenters. The number of hydrogen-bond acceptors (Lipinski definition) is 2. The van der Waals surface area contributed by atoms with Gasteiger partial charge in [-0.15, -0.1) is 0 Å². The predicted octanol–water partition coefficient (Wildman–Crippen LogP) is 37.1. The standard InChI is InChI=1S/C56H41N.C52H41N.C31H23N/c1-55(2)50-24-14-12-22-47(50)48-34-32-45(37-53(48)55)57(43-29-26-39(27-30-43)38-16-6-3-7-17-38)44-31-33-46-40(36-44)28-35-52-54(46)49-23-13-15-25-51(49)56(52,41-18-8-4-9-19-41)42-20-10-5-11-21-42;1-51(2)46-22-14-12-20-43(46)50-40-27-25-38(31-37(40)23-29-47(50)51)53(39-26-28-42-41-19-11-13-21-45(41)52(3,4)48(42)33-39)49-30-24-36(34-15-7-5-8-16-34)32-44(49)35-17-9-6-10-18-35;1-31(2)26-12-6-3-11-25(26)30-22-17-16-21(19-20(22)15-18-27(30)31)32-28-13-7-4-9-23(28)24-10-5-8-14-29(24)32/h3-37H,1-2H3;5-33H,1-4H3;3-19H,1-2H3. The van der Waals surface area contributed by atoms with Gasteiger partial charge in [-0.3, -0.25) is 0 Å². The zero-order chi connectivity index (χ0) is 95.5. The fourth-order valence-electron chi connectivity index (χ4n) is 25.3. The van der Waals surface area contributed by atoms with Crippen molar-refractivity contribution in [3.63, 3.8) is 0 Å². The molecule has 0 amide bonds. The second-order valence-electron chi connectivity index (χ2n) is 41.3. The minimum absolute atomic E-state index is 0.0334. The molecule has 1 aromatic heterocycles. The third-order valence-electron chi connectivity index (χ3n) is 32.2. The quantitative estimate of drug-likeness (QED) is 0.121. The molecule has 0 bridgehead atoms. The zero-order valence-electron chi connectivity index (χ0n) is 81.1. The molecular formula is C139H105N3. The van der Waals surface area contributed by atoms with Crippen molar-refractivity contribution in [3.05, 3.63) is 558 Å². The van der Waals surface area contributed by atoms with E-state index in [4.69, 9.17) is 0 Å². The fourth-order valence-corrected chi connectivity index (χ4v) is 25.3. The maximum absolute atomic E-state index is 2.49.